The number of nitrogens with zero attached hydrogens (tertiary/aromatic N) is 1. The SMILES string of the molecule is O=S(=O)(c1ccccc1)N1OC1CC1(CCc2ccccc2)OCCO1. The Bertz CT molecular complexity index is 835. The van der Waals surface area contributed by atoms with Gasteiger partial charge in [0.1, 0.15) is 0 Å². The smallest absolute Gasteiger partial charge is 0.267 e. The summed E-state index contributed by atoms with van der Waals surface area (Å²) in [4.78, 5) is 5.58. The summed E-state index contributed by atoms with van der Waals surface area (Å²) in [6, 6.07) is 18.4. The summed E-state index contributed by atoms with van der Waals surface area (Å²) in [5.41, 5.74) is 1.19. The summed E-state index contributed by atoms with van der Waals surface area (Å²) in [6.45, 7) is 1.01. The van der Waals surface area contributed by atoms with E-state index in [0.717, 1.165) is 10.9 Å². The normalized spacial score (nSPS) is 24.5. The van der Waals surface area contributed by atoms with E-state index < -0.39 is 22.0 Å². The summed E-state index contributed by atoms with van der Waals surface area (Å²) in [5.74, 6) is -0.804. The quantitative estimate of drug-likeness (QED) is 0.696. The average Bonchev–Trinajstić information content (AvgIpc) is 3.30. The second kappa shape index (κ2) is 7.09. The molecule has 26 heavy (non-hydrogen) atoms. The summed E-state index contributed by atoms with van der Waals surface area (Å²) in [7, 11) is -3.65. The third kappa shape index (κ3) is 3.67. The first-order valence-corrected chi connectivity index (χ1v) is 10.1. The van der Waals surface area contributed by atoms with E-state index in [0.29, 0.717) is 26.1 Å². The van der Waals surface area contributed by atoms with Gasteiger partial charge in [-0.05, 0) is 28.6 Å². The van der Waals surface area contributed by atoms with Crippen LogP contribution in [0.3, 0.4) is 0 Å². The number of rotatable bonds is 7. The van der Waals surface area contributed by atoms with Crippen molar-refractivity contribution in [2.45, 2.75) is 36.2 Å². The lowest BCUT2D eigenvalue weighted by atomic mass is 10.0. The lowest BCUT2D eigenvalue weighted by molar-refractivity contribution is -0.169. The van der Waals surface area contributed by atoms with Crippen LogP contribution in [0.25, 0.3) is 0 Å². The summed E-state index contributed by atoms with van der Waals surface area (Å²) in [5, 5.41) is 0. The summed E-state index contributed by atoms with van der Waals surface area (Å²) >= 11 is 0. The topological polar surface area (TPSA) is 68.1 Å². The summed E-state index contributed by atoms with van der Waals surface area (Å²) < 4.78 is 37.9. The van der Waals surface area contributed by atoms with Gasteiger partial charge in [0.25, 0.3) is 10.0 Å². The third-order valence-electron chi connectivity index (χ3n) is 4.63. The molecule has 6 nitrogen and oxygen atoms in total. The first-order valence-electron chi connectivity index (χ1n) is 8.67. The van der Waals surface area contributed by atoms with E-state index in [1.807, 2.05) is 18.2 Å². The molecule has 138 valence electrons. The molecule has 2 unspecified atom stereocenters. The lowest BCUT2D eigenvalue weighted by Crippen LogP contribution is -2.34. The second-order valence-corrected chi connectivity index (χ2v) is 8.21. The van der Waals surface area contributed by atoms with Crippen molar-refractivity contribution in [3.05, 3.63) is 66.2 Å². The fourth-order valence-corrected chi connectivity index (χ4v) is 4.52. The van der Waals surface area contributed by atoms with E-state index in [1.54, 1.807) is 30.3 Å². The van der Waals surface area contributed by atoms with Gasteiger partial charge in [-0.1, -0.05) is 48.5 Å². The number of benzene rings is 2. The van der Waals surface area contributed by atoms with Crippen LogP contribution in [0.1, 0.15) is 18.4 Å². The number of sulfonamides is 1. The van der Waals surface area contributed by atoms with Gasteiger partial charge in [0.2, 0.25) is 0 Å². The number of hydroxylamine groups is 1. The van der Waals surface area contributed by atoms with Crippen molar-refractivity contribution < 1.29 is 22.7 Å². The average molecular weight is 375 g/mol. The number of aryl methyl sites for hydroxylation is 1. The zero-order valence-corrected chi connectivity index (χ0v) is 15.1. The standard InChI is InChI=1S/C19H21NO5S/c21-26(22,17-9-5-2-6-10-17)20-18(25-20)15-19(23-13-14-24-19)12-11-16-7-3-1-4-8-16/h1-10,18H,11-15H2. The van der Waals surface area contributed by atoms with Gasteiger partial charge in [0, 0.05) is 12.8 Å². The molecule has 0 spiro atoms. The van der Waals surface area contributed by atoms with Gasteiger partial charge in [0.15, 0.2) is 12.0 Å². The molecule has 0 aliphatic carbocycles. The molecule has 0 bridgehead atoms. The van der Waals surface area contributed by atoms with Crippen molar-refractivity contribution in [2.24, 2.45) is 0 Å². The predicted octanol–water partition coefficient (Wildman–Crippen LogP) is 2.71. The Hall–Kier alpha value is -1.77. The van der Waals surface area contributed by atoms with Crippen molar-refractivity contribution in [3.63, 3.8) is 0 Å². The molecule has 0 amide bonds. The van der Waals surface area contributed by atoms with Crippen LogP contribution in [0.15, 0.2) is 65.6 Å². The molecule has 2 aliphatic heterocycles. The highest BCUT2D eigenvalue weighted by molar-refractivity contribution is 7.89. The van der Waals surface area contributed by atoms with Crippen molar-refractivity contribution >= 4 is 10.0 Å². The molecular formula is C19H21NO5S. The molecule has 0 saturated carbocycles. The molecule has 2 atom stereocenters. The highest BCUT2D eigenvalue weighted by Gasteiger charge is 2.53. The van der Waals surface area contributed by atoms with E-state index in [-0.39, 0.29) is 4.90 Å². The molecule has 2 saturated heterocycles. The molecule has 4 rings (SSSR count). The van der Waals surface area contributed by atoms with Gasteiger partial charge in [-0.25, -0.2) is 8.42 Å². The van der Waals surface area contributed by atoms with E-state index in [1.165, 1.54) is 5.56 Å². The molecule has 2 aliphatic rings. The Kier molecular flexibility index (Phi) is 4.81. The Morgan fingerprint density at radius 2 is 1.58 bits per heavy atom. The maximum absolute atomic E-state index is 12.6. The fourth-order valence-electron chi connectivity index (χ4n) is 3.22. The van der Waals surface area contributed by atoms with Gasteiger partial charge >= 0.3 is 0 Å². The van der Waals surface area contributed by atoms with Crippen LogP contribution in [0.5, 0.6) is 0 Å². The van der Waals surface area contributed by atoms with Gasteiger partial charge in [-0.3, -0.25) is 4.84 Å². The molecule has 2 heterocycles. The van der Waals surface area contributed by atoms with Crippen LogP contribution < -0.4 is 0 Å². The maximum atomic E-state index is 12.6. The van der Waals surface area contributed by atoms with Crippen molar-refractivity contribution in [2.75, 3.05) is 13.2 Å². The molecule has 0 N–H and O–H groups in total. The van der Waals surface area contributed by atoms with Crippen molar-refractivity contribution in [1.29, 1.82) is 0 Å². The van der Waals surface area contributed by atoms with Crippen LogP contribution in [-0.4, -0.2) is 38.1 Å². The van der Waals surface area contributed by atoms with Crippen molar-refractivity contribution in [1.82, 2.24) is 4.47 Å². The van der Waals surface area contributed by atoms with Gasteiger partial charge in [0.05, 0.1) is 18.1 Å². The molecule has 7 heteroatoms. The highest BCUT2D eigenvalue weighted by Crippen LogP contribution is 2.40. The first-order chi connectivity index (χ1) is 12.6. The number of hydrogen-bond donors (Lipinski definition) is 0. The molecule has 0 aromatic heterocycles. The summed E-state index contributed by atoms with van der Waals surface area (Å²) in [6.07, 6.45) is 1.23. The minimum Gasteiger partial charge on any atom is -0.347 e. The monoisotopic (exact) mass is 375 g/mol. The van der Waals surface area contributed by atoms with E-state index in [9.17, 15) is 8.42 Å². The highest BCUT2D eigenvalue weighted by atomic mass is 32.2. The fraction of sp³-hybridized carbons (Fsp3) is 0.368. The largest absolute Gasteiger partial charge is 0.347 e. The number of ether oxygens (including phenoxy) is 2. The zero-order valence-electron chi connectivity index (χ0n) is 14.3. The molecule has 2 aromatic carbocycles. The Morgan fingerprint density at radius 1 is 0.962 bits per heavy atom. The van der Waals surface area contributed by atoms with Gasteiger partial charge in [-0.2, -0.15) is 0 Å². The van der Waals surface area contributed by atoms with E-state index in [2.05, 4.69) is 12.1 Å². The Balaban J connectivity index is 1.42. The van der Waals surface area contributed by atoms with Crippen LogP contribution in [0.2, 0.25) is 0 Å². The minimum atomic E-state index is -3.65. The van der Waals surface area contributed by atoms with Gasteiger partial charge < -0.3 is 9.47 Å². The Morgan fingerprint density at radius 3 is 2.23 bits per heavy atom. The zero-order chi connectivity index (χ0) is 18.0. The first kappa shape index (κ1) is 17.6. The second-order valence-electron chi connectivity index (χ2n) is 6.43. The van der Waals surface area contributed by atoms with Crippen LogP contribution >= 0.6 is 0 Å². The van der Waals surface area contributed by atoms with Crippen LogP contribution in [0.4, 0.5) is 0 Å². The predicted molar refractivity (Wildman–Crippen MR) is 94.4 cm³/mol. The molecular weight excluding hydrogens is 354 g/mol. The van der Waals surface area contributed by atoms with Crippen LogP contribution in [-0.2, 0) is 30.8 Å². The molecule has 0 radical (unpaired) electrons. The maximum Gasteiger partial charge on any atom is 0.267 e. The molecule has 2 fully saturated rings. The minimum absolute atomic E-state index is 0.217. The third-order valence-corrected chi connectivity index (χ3v) is 6.29. The van der Waals surface area contributed by atoms with Crippen LogP contribution in [0, 0.1) is 0 Å². The van der Waals surface area contributed by atoms with E-state index in [4.69, 9.17) is 14.3 Å². The Labute approximate surface area is 153 Å². The van der Waals surface area contributed by atoms with Crippen molar-refractivity contribution in [3.8, 4) is 0 Å². The van der Waals surface area contributed by atoms with E-state index >= 15 is 0 Å². The molecule has 2 aromatic rings. The number of hydrogen-bond acceptors (Lipinski definition) is 5. The van der Waals surface area contributed by atoms with Gasteiger partial charge in [-0.15, -0.1) is 0 Å². The lowest BCUT2D eigenvalue weighted by Gasteiger charge is -2.26.